The van der Waals surface area contributed by atoms with Crippen molar-refractivity contribution in [2.24, 2.45) is 0 Å². The first-order valence-electron chi connectivity index (χ1n) is 6.71. The van der Waals surface area contributed by atoms with Crippen molar-refractivity contribution in [3.63, 3.8) is 0 Å². The van der Waals surface area contributed by atoms with Crippen LogP contribution in [0.4, 0.5) is 11.4 Å². The van der Waals surface area contributed by atoms with E-state index in [-0.39, 0.29) is 0 Å². The molecule has 0 bridgehead atoms. The van der Waals surface area contributed by atoms with Crippen LogP contribution in [0.1, 0.15) is 5.56 Å². The topological polar surface area (TPSA) is 60.3 Å². The fraction of sp³-hybridized carbons (Fsp3) is 0.500. The van der Waals surface area contributed by atoms with Crippen LogP contribution in [-0.2, 0) is 4.74 Å². The molecular weight excluding hydrogens is 240 g/mol. The van der Waals surface area contributed by atoms with Crippen LogP contribution in [0.5, 0.6) is 0 Å². The molecule has 2 aliphatic heterocycles. The number of benzene rings is 1. The maximum atomic E-state index is 8.95. The second kappa shape index (κ2) is 5.47. The molecule has 100 valence electrons. The average Bonchev–Trinajstić information content (AvgIpc) is 2.48. The molecule has 5 nitrogen and oxygen atoms in total. The SMILES string of the molecule is N#Cc1ccc2c(c1)NCCN2CC1COCCN1. The summed E-state index contributed by atoms with van der Waals surface area (Å²) in [5.41, 5.74) is 2.94. The van der Waals surface area contributed by atoms with Crippen LogP contribution in [0.15, 0.2) is 18.2 Å². The molecule has 3 rings (SSSR count). The lowest BCUT2D eigenvalue weighted by Gasteiger charge is -2.36. The molecule has 0 spiro atoms. The minimum atomic E-state index is 0.385. The maximum Gasteiger partial charge on any atom is 0.0992 e. The smallest absolute Gasteiger partial charge is 0.0992 e. The lowest BCUT2D eigenvalue weighted by atomic mass is 10.1. The van der Waals surface area contributed by atoms with Gasteiger partial charge in [0.05, 0.1) is 36.2 Å². The zero-order chi connectivity index (χ0) is 13.1. The molecular formula is C14H18N4O. The standard InChI is InChI=1S/C14H18N4O/c15-8-11-1-2-14-13(7-11)17-3-5-18(14)9-12-10-19-6-4-16-12/h1-2,7,12,16-17H,3-6,9-10H2. The summed E-state index contributed by atoms with van der Waals surface area (Å²) in [7, 11) is 0. The quantitative estimate of drug-likeness (QED) is 0.821. The molecule has 2 aliphatic rings. The van der Waals surface area contributed by atoms with E-state index in [1.807, 2.05) is 18.2 Å². The Morgan fingerprint density at radius 2 is 2.37 bits per heavy atom. The molecule has 1 unspecified atom stereocenters. The molecule has 1 fully saturated rings. The zero-order valence-electron chi connectivity index (χ0n) is 10.9. The Labute approximate surface area is 113 Å². The van der Waals surface area contributed by atoms with Crippen LogP contribution in [0.25, 0.3) is 0 Å². The van der Waals surface area contributed by atoms with E-state index < -0.39 is 0 Å². The van der Waals surface area contributed by atoms with E-state index >= 15 is 0 Å². The van der Waals surface area contributed by atoms with E-state index in [0.717, 1.165) is 45.1 Å². The predicted octanol–water partition coefficient (Wildman–Crippen LogP) is 0.779. The summed E-state index contributed by atoms with van der Waals surface area (Å²) in [5.74, 6) is 0. The van der Waals surface area contributed by atoms with Crippen molar-refractivity contribution >= 4 is 11.4 Å². The van der Waals surface area contributed by atoms with Crippen LogP contribution in [0.2, 0.25) is 0 Å². The Bertz CT molecular complexity index is 491. The van der Waals surface area contributed by atoms with Gasteiger partial charge in [-0.25, -0.2) is 0 Å². The molecule has 1 saturated heterocycles. The van der Waals surface area contributed by atoms with Crippen LogP contribution >= 0.6 is 0 Å². The van der Waals surface area contributed by atoms with Crippen LogP contribution < -0.4 is 15.5 Å². The van der Waals surface area contributed by atoms with Crippen molar-refractivity contribution in [3.8, 4) is 6.07 Å². The van der Waals surface area contributed by atoms with Gasteiger partial charge < -0.3 is 20.3 Å². The van der Waals surface area contributed by atoms with E-state index in [9.17, 15) is 0 Å². The average molecular weight is 258 g/mol. The Hall–Kier alpha value is -1.77. The first-order valence-corrected chi connectivity index (χ1v) is 6.71. The van der Waals surface area contributed by atoms with Gasteiger partial charge in [0.2, 0.25) is 0 Å². The normalized spacial score (nSPS) is 22.3. The number of nitrogens with zero attached hydrogens (tertiary/aromatic N) is 2. The molecule has 0 saturated carbocycles. The molecule has 0 aliphatic carbocycles. The summed E-state index contributed by atoms with van der Waals surface area (Å²) in [6.45, 7) is 5.35. The molecule has 0 radical (unpaired) electrons. The second-order valence-corrected chi connectivity index (χ2v) is 4.94. The molecule has 0 amide bonds. The number of ether oxygens (including phenoxy) is 1. The van der Waals surface area contributed by atoms with Crippen molar-refractivity contribution in [1.29, 1.82) is 5.26 Å². The van der Waals surface area contributed by atoms with E-state index in [1.165, 1.54) is 5.69 Å². The number of morpholine rings is 1. The van der Waals surface area contributed by atoms with Gasteiger partial charge in [0, 0.05) is 32.2 Å². The highest BCUT2D eigenvalue weighted by Gasteiger charge is 2.21. The van der Waals surface area contributed by atoms with Gasteiger partial charge in [-0.05, 0) is 18.2 Å². The largest absolute Gasteiger partial charge is 0.382 e. The number of hydrogen-bond donors (Lipinski definition) is 2. The summed E-state index contributed by atoms with van der Waals surface area (Å²) in [4.78, 5) is 2.36. The third-order valence-electron chi connectivity index (χ3n) is 3.60. The monoisotopic (exact) mass is 258 g/mol. The van der Waals surface area contributed by atoms with Crippen molar-refractivity contribution < 1.29 is 4.74 Å². The molecule has 19 heavy (non-hydrogen) atoms. The maximum absolute atomic E-state index is 8.95. The van der Waals surface area contributed by atoms with E-state index in [0.29, 0.717) is 11.6 Å². The van der Waals surface area contributed by atoms with Gasteiger partial charge in [0.15, 0.2) is 0 Å². The molecule has 5 heteroatoms. The van der Waals surface area contributed by atoms with Gasteiger partial charge in [-0.3, -0.25) is 0 Å². The molecule has 1 aromatic rings. The van der Waals surface area contributed by atoms with Gasteiger partial charge in [0.25, 0.3) is 0 Å². The van der Waals surface area contributed by atoms with Crippen LogP contribution in [0.3, 0.4) is 0 Å². The highest BCUT2D eigenvalue weighted by Crippen LogP contribution is 2.29. The number of anilines is 2. The lowest BCUT2D eigenvalue weighted by Crippen LogP contribution is -2.50. The Kier molecular flexibility index (Phi) is 3.53. The molecule has 2 N–H and O–H groups in total. The summed E-state index contributed by atoms with van der Waals surface area (Å²) >= 11 is 0. The zero-order valence-corrected chi connectivity index (χ0v) is 10.9. The number of hydrogen-bond acceptors (Lipinski definition) is 5. The summed E-state index contributed by atoms with van der Waals surface area (Å²) < 4.78 is 5.50. The van der Waals surface area contributed by atoms with Gasteiger partial charge in [-0.15, -0.1) is 0 Å². The number of nitrogens with one attached hydrogen (secondary N) is 2. The van der Waals surface area contributed by atoms with E-state index in [4.69, 9.17) is 10.00 Å². The minimum Gasteiger partial charge on any atom is -0.382 e. The van der Waals surface area contributed by atoms with Crippen LogP contribution in [0, 0.1) is 11.3 Å². The number of nitriles is 1. The van der Waals surface area contributed by atoms with Gasteiger partial charge >= 0.3 is 0 Å². The predicted molar refractivity (Wildman–Crippen MR) is 74.5 cm³/mol. The van der Waals surface area contributed by atoms with Crippen molar-refractivity contribution in [2.45, 2.75) is 6.04 Å². The third-order valence-corrected chi connectivity index (χ3v) is 3.60. The fourth-order valence-electron chi connectivity index (χ4n) is 2.66. The Morgan fingerprint density at radius 3 is 3.16 bits per heavy atom. The van der Waals surface area contributed by atoms with E-state index in [2.05, 4.69) is 21.6 Å². The van der Waals surface area contributed by atoms with Crippen LogP contribution in [-0.4, -0.2) is 45.4 Å². The number of fused-ring (bicyclic) bond motifs is 1. The highest BCUT2D eigenvalue weighted by atomic mass is 16.5. The Balaban J connectivity index is 1.76. The number of rotatable bonds is 2. The van der Waals surface area contributed by atoms with E-state index in [1.54, 1.807) is 0 Å². The minimum absolute atomic E-state index is 0.385. The first kappa shape index (κ1) is 12.3. The second-order valence-electron chi connectivity index (χ2n) is 4.94. The summed E-state index contributed by atoms with van der Waals surface area (Å²) in [6, 6.07) is 8.40. The van der Waals surface area contributed by atoms with Gasteiger partial charge in [0.1, 0.15) is 0 Å². The first-order chi connectivity index (χ1) is 9.36. The molecule has 1 aromatic carbocycles. The molecule has 2 heterocycles. The van der Waals surface area contributed by atoms with Crippen molar-refractivity contribution in [3.05, 3.63) is 23.8 Å². The lowest BCUT2D eigenvalue weighted by molar-refractivity contribution is 0.0788. The fourth-order valence-corrected chi connectivity index (χ4v) is 2.66. The highest BCUT2D eigenvalue weighted by molar-refractivity contribution is 5.73. The molecule has 0 aromatic heterocycles. The molecule has 1 atom stereocenters. The van der Waals surface area contributed by atoms with Crippen molar-refractivity contribution in [1.82, 2.24) is 5.32 Å². The summed E-state index contributed by atoms with van der Waals surface area (Å²) in [5, 5.41) is 15.8. The summed E-state index contributed by atoms with van der Waals surface area (Å²) in [6.07, 6.45) is 0. The van der Waals surface area contributed by atoms with Gasteiger partial charge in [-0.2, -0.15) is 5.26 Å². The third kappa shape index (κ3) is 2.65. The van der Waals surface area contributed by atoms with Crippen molar-refractivity contribution in [2.75, 3.05) is 49.6 Å². The van der Waals surface area contributed by atoms with Gasteiger partial charge in [-0.1, -0.05) is 0 Å². The Morgan fingerprint density at radius 1 is 1.42 bits per heavy atom.